The molecule has 1 aliphatic heterocycles. The number of thioether (sulfide) groups is 1. The molecule has 0 bridgehead atoms. The van der Waals surface area contributed by atoms with Gasteiger partial charge >= 0.3 is 0 Å². The molecule has 2 aromatic heterocycles. The van der Waals surface area contributed by atoms with Crippen molar-refractivity contribution in [3.63, 3.8) is 0 Å². The van der Waals surface area contributed by atoms with E-state index in [1.165, 1.54) is 0 Å². The molecule has 0 atom stereocenters. The molecule has 1 fully saturated rings. The van der Waals surface area contributed by atoms with Gasteiger partial charge in [-0.1, -0.05) is 41.9 Å². The number of aromatic nitrogens is 4. The van der Waals surface area contributed by atoms with Crippen molar-refractivity contribution in [2.75, 3.05) is 43.5 Å². The zero-order valence-electron chi connectivity index (χ0n) is 17.0. The van der Waals surface area contributed by atoms with E-state index in [-0.39, 0.29) is 5.91 Å². The van der Waals surface area contributed by atoms with E-state index >= 15 is 0 Å². The largest absolute Gasteiger partial charge is 0.378 e. The van der Waals surface area contributed by atoms with Gasteiger partial charge in [-0.2, -0.15) is 5.10 Å². The van der Waals surface area contributed by atoms with Crippen LogP contribution in [0.5, 0.6) is 0 Å². The molecule has 1 saturated heterocycles. The third-order valence-corrected chi connectivity index (χ3v) is 6.10. The van der Waals surface area contributed by atoms with Gasteiger partial charge in [0, 0.05) is 24.7 Å². The van der Waals surface area contributed by atoms with Crippen molar-refractivity contribution < 1.29 is 9.53 Å². The average Bonchev–Trinajstić information content (AvgIpc) is 3.17. The Morgan fingerprint density at radius 3 is 2.81 bits per heavy atom. The summed E-state index contributed by atoms with van der Waals surface area (Å²) in [6, 6.07) is 4.80. The highest BCUT2D eigenvalue weighted by molar-refractivity contribution is 7.99. The Labute approximate surface area is 194 Å². The van der Waals surface area contributed by atoms with E-state index in [0.29, 0.717) is 41.9 Å². The summed E-state index contributed by atoms with van der Waals surface area (Å²) in [5.74, 6) is 1.50. The number of benzene rings is 1. The summed E-state index contributed by atoms with van der Waals surface area (Å²) in [5.41, 5.74) is 1.14. The van der Waals surface area contributed by atoms with Gasteiger partial charge < -0.3 is 15.0 Å². The maximum absolute atomic E-state index is 12.5. The highest BCUT2D eigenvalue weighted by Crippen LogP contribution is 2.27. The highest BCUT2D eigenvalue weighted by atomic mass is 35.5. The number of hydrogen-bond donors (Lipinski definition) is 1. The van der Waals surface area contributed by atoms with Crippen LogP contribution in [-0.4, -0.2) is 64.3 Å². The Hall–Kier alpha value is -2.07. The molecule has 8 nitrogen and oxygen atoms in total. The van der Waals surface area contributed by atoms with Crippen LogP contribution in [0.1, 0.15) is 17.3 Å². The van der Waals surface area contributed by atoms with Gasteiger partial charge in [0.05, 0.1) is 41.9 Å². The molecule has 0 spiro atoms. The van der Waals surface area contributed by atoms with E-state index in [9.17, 15) is 4.79 Å². The monoisotopic (exact) mass is 480 g/mol. The second-order valence-corrected chi connectivity index (χ2v) is 8.92. The minimum atomic E-state index is -0.260. The minimum absolute atomic E-state index is 0.260. The molecule has 31 heavy (non-hydrogen) atoms. The molecule has 0 aliphatic carbocycles. The fraction of sp³-hybridized carbons (Fsp3) is 0.400. The molecule has 3 heterocycles. The second kappa shape index (κ2) is 10.0. The fourth-order valence-electron chi connectivity index (χ4n) is 3.34. The normalized spacial score (nSPS) is 14.2. The summed E-state index contributed by atoms with van der Waals surface area (Å²) in [7, 11) is 0. The summed E-state index contributed by atoms with van der Waals surface area (Å²) >= 11 is 13.6. The first kappa shape index (κ1) is 22.1. The van der Waals surface area contributed by atoms with E-state index in [1.807, 2.05) is 0 Å². The molecular weight excluding hydrogens is 459 g/mol. The first-order valence-corrected chi connectivity index (χ1v) is 11.7. The lowest BCUT2D eigenvalue weighted by Gasteiger charge is -2.28. The summed E-state index contributed by atoms with van der Waals surface area (Å²) in [6.45, 7) is 5.83. The third-order valence-electron chi connectivity index (χ3n) is 4.82. The van der Waals surface area contributed by atoms with Crippen LogP contribution in [-0.2, 0) is 11.3 Å². The molecule has 3 aromatic rings. The fourth-order valence-corrected chi connectivity index (χ4v) is 4.39. The van der Waals surface area contributed by atoms with Crippen LogP contribution in [0.2, 0.25) is 10.0 Å². The van der Waals surface area contributed by atoms with Gasteiger partial charge in [-0.05, 0) is 24.0 Å². The van der Waals surface area contributed by atoms with Gasteiger partial charge in [0.1, 0.15) is 5.82 Å². The number of halogens is 2. The van der Waals surface area contributed by atoms with Crippen LogP contribution in [0.25, 0.3) is 11.0 Å². The van der Waals surface area contributed by atoms with Crippen LogP contribution in [0.15, 0.2) is 29.6 Å². The number of fused-ring (bicyclic) bond motifs is 1. The predicted molar refractivity (Wildman–Crippen MR) is 124 cm³/mol. The van der Waals surface area contributed by atoms with Crippen LogP contribution in [0.4, 0.5) is 5.82 Å². The minimum Gasteiger partial charge on any atom is -0.378 e. The smallest absolute Gasteiger partial charge is 0.252 e. The molecule has 164 valence electrons. The number of amides is 1. The topological polar surface area (TPSA) is 85.2 Å². The number of rotatable bonds is 7. The molecule has 1 amide bonds. The number of carbonyl (C=O) groups is 1. The van der Waals surface area contributed by atoms with Crippen molar-refractivity contribution in [2.24, 2.45) is 0 Å². The Morgan fingerprint density at radius 1 is 1.26 bits per heavy atom. The maximum Gasteiger partial charge on any atom is 0.252 e. The lowest BCUT2D eigenvalue weighted by atomic mass is 10.2. The number of carbonyl (C=O) groups excluding carboxylic acids is 1. The Balaban J connectivity index is 1.52. The standard InChI is InChI=1S/C20H22Cl2N6O2S/c1-2-31-20-25-17(27-7-9-30-10-8-27)15-12-24-28(18(15)26-20)6-5-23-19(29)14-4-3-13(21)11-16(14)22/h3-4,11-12H,2,5-10H2,1H3,(H,23,29). The number of nitrogens with one attached hydrogen (secondary N) is 1. The van der Waals surface area contributed by atoms with Gasteiger partial charge in [0.25, 0.3) is 5.91 Å². The van der Waals surface area contributed by atoms with E-state index in [2.05, 4.69) is 22.2 Å². The lowest BCUT2D eigenvalue weighted by molar-refractivity contribution is 0.0952. The zero-order chi connectivity index (χ0) is 21.8. The van der Waals surface area contributed by atoms with Crippen molar-refractivity contribution in [1.29, 1.82) is 0 Å². The predicted octanol–water partition coefficient (Wildman–Crippen LogP) is 3.51. The van der Waals surface area contributed by atoms with Crippen molar-refractivity contribution in [3.05, 3.63) is 40.0 Å². The maximum atomic E-state index is 12.5. The Kier molecular flexibility index (Phi) is 7.16. The van der Waals surface area contributed by atoms with Crippen LogP contribution >= 0.6 is 35.0 Å². The number of ether oxygens (including phenoxy) is 1. The summed E-state index contributed by atoms with van der Waals surface area (Å²) in [5, 5.41) is 9.80. The van der Waals surface area contributed by atoms with Crippen molar-refractivity contribution >= 4 is 57.7 Å². The van der Waals surface area contributed by atoms with Gasteiger partial charge in [0.15, 0.2) is 10.8 Å². The molecular formula is C20H22Cl2N6O2S. The number of anilines is 1. The molecule has 0 unspecified atom stereocenters. The van der Waals surface area contributed by atoms with E-state index in [4.69, 9.17) is 37.9 Å². The average molecular weight is 481 g/mol. The lowest BCUT2D eigenvalue weighted by Crippen LogP contribution is -2.37. The van der Waals surface area contributed by atoms with E-state index < -0.39 is 0 Å². The summed E-state index contributed by atoms with van der Waals surface area (Å²) in [6.07, 6.45) is 1.79. The van der Waals surface area contributed by atoms with Crippen LogP contribution in [0.3, 0.4) is 0 Å². The summed E-state index contributed by atoms with van der Waals surface area (Å²) < 4.78 is 7.27. The molecule has 1 N–H and O–H groups in total. The Bertz CT molecular complexity index is 1090. The number of nitrogens with zero attached hydrogens (tertiary/aromatic N) is 5. The van der Waals surface area contributed by atoms with Crippen molar-refractivity contribution in [3.8, 4) is 0 Å². The van der Waals surface area contributed by atoms with Gasteiger partial charge in [0.2, 0.25) is 0 Å². The molecule has 0 radical (unpaired) electrons. The van der Waals surface area contributed by atoms with Gasteiger partial charge in [-0.3, -0.25) is 4.79 Å². The summed E-state index contributed by atoms with van der Waals surface area (Å²) in [4.78, 5) is 24.1. The van der Waals surface area contributed by atoms with Crippen LogP contribution < -0.4 is 10.2 Å². The molecule has 11 heteroatoms. The van der Waals surface area contributed by atoms with Gasteiger partial charge in [-0.15, -0.1) is 0 Å². The second-order valence-electron chi connectivity index (χ2n) is 6.85. The van der Waals surface area contributed by atoms with E-state index in [0.717, 1.165) is 40.9 Å². The molecule has 4 rings (SSSR count). The number of morpholine rings is 1. The van der Waals surface area contributed by atoms with Crippen molar-refractivity contribution in [1.82, 2.24) is 25.1 Å². The SMILES string of the molecule is CCSc1nc(N2CCOCC2)c2cnn(CCNC(=O)c3ccc(Cl)cc3Cl)c2n1. The quantitative estimate of drug-likeness (QED) is 0.408. The van der Waals surface area contributed by atoms with Gasteiger partial charge in [-0.25, -0.2) is 14.6 Å². The molecule has 1 aromatic carbocycles. The van der Waals surface area contributed by atoms with Crippen LogP contribution in [0, 0.1) is 0 Å². The Morgan fingerprint density at radius 2 is 2.06 bits per heavy atom. The first-order chi connectivity index (χ1) is 15.1. The molecule has 1 aliphatic rings. The van der Waals surface area contributed by atoms with E-state index in [1.54, 1.807) is 40.8 Å². The molecule has 0 saturated carbocycles. The zero-order valence-corrected chi connectivity index (χ0v) is 19.3. The number of hydrogen-bond acceptors (Lipinski definition) is 7. The first-order valence-electron chi connectivity index (χ1n) is 9.99. The highest BCUT2D eigenvalue weighted by Gasteiger charge is 2.20. The third kappa shape index (κ3) is 5.06. The van der Waals surface area contributed by atoms with Crippen molar-refractivity contribution in [2.45, 2.75) is 18.6 Å².